The summed E-state index contributed by atoms with van der Waals surface area (Å²) >= 11 is 12.1. The zero-order chi connectivity index (χ0) is 20.9. The van der Waals surface area contributed by atoms with Gasteiger partial charge in [-0.3, -0.25) is 9.52 Å². The number of amides is 1. The Labute approximate surface area is 176 Å². The van der Waals surface area contributed by atoms with Gasteiger partial charge in [-0.05, 0) is 55.2 Å². The lowest BCUT2D eigenvalue weighted by Crippen LogP contribution is -2.23. The molecule has 0 aliphatic heterocycles. The highest BCUT2D eigenvalue weighted by Crippen LogP contribution is 2.27. The predicted molar refractivity (Wildman–Crippen MR) is 117 cm³/mol. The van der Waals surface area contributed by atoms with Crippen LogP contribution in [0.2, 0.25) is 10.0 Å². The fourth-order valence-corrected chi connectivity index (χ4v) is 4.42. The molecule has 0 heterocycles. The third kappa shape index (κ3) is 6.12. The zero-order valence-corrected chi connectivity index (χ0v) is 18.4. The van der Waals surface area contributed by atoms with Gasteiger partial charge in [0.05, 0.1) is 11.4 Å². The molecule has 0 radical (unpaired) electrons. The van der Waals surface area contributed by atoms with Crippen molar-refractivity contribution in [3.63, 3.8) is 0 Å². The number of hydrogen-bond donors (Lipinski definition) is 2. The van der Waals surface area contributed by atoms with E-state index in [-0.39, 0.29) is 17.6 Å². The van der Waals surface area contributed by atoms with Crippen molar-refractivity contribution in [2.45, 2.75) is 33.6 Å². The lowest BCUT2D eigenvalue weighted by Gasteiger charge is -2.17. The van der Waals surface area contributed by atoms with Gasteiger partial charge in [0.2, 0.25) is 15.9 Å². The largest absolute Gasteiger partial charge is 0.326 e. The first kappa shape index (κ1) is 22.5. The van der Waals surface area contributed by atoms with Gasteiger partial charge >= 0.3 is 0 Å². The summed E-state index contributed by atoms with van der Waals surface area (Å²) in [7, 11) is -3.41. The van der Waals surface area contributed by atoms with E-state index in [1.54, 1.807) is 44.2 Å². The lowest BCUT2D eigenvalue weighted by molar-refractivity contribution is -0.119. The second-order valence-electron chi connectivity index (χ2n) is 6.73. The van der Waals surface area contributed by atoms with Crippen LogP contribution in [0.4, 0.5) is 11.4 Å². The molecule has 2 rings (SSSR count). The van der Waals surface area contributed by atoms with E-state index in [9.17, 15) is 13.2 Å². The minimum Gasteiger partial charge on any atom is -0.326 e. The maximum atomic E-state index is 12.6. The first-order chi connectivity index (χ1) is 13.1. The molecule has 8 heteroatoms. The molecule has 0 spiro atoms. The van der Waals surface area contributed by atoms with Crippen LogP contribution in [-0.4, -0.2) is 20.1 Å². The predicted octanol–water partition coefficient (Wildman–Crippen LogP) is 5.27. The van der Waals surface area contributed by atoms with Crippen molar-refractivity contribution in [3.05, 3.63) is 57.6 Å². The number of carbonyl (C=O) groups is 1. The Morgan fingerprint density at radius 3 is 2.46 bits per heavy atom. The molecule has 5 nitrogen and oxygen atoms in total. The second-order valence-corrected chi connectivity index (χ2v) is 9.41. The summed E-state index contributed by atoms with van der Waals surface area (Å²) in [5.41, 5.74) is 2.52. The quantitative estimate of drug-likeness (QED) is 0.584. The highest BCUT2D eigenvalue weighted by atomic mass is 35.5. The number of anilines is 2. The van der Waals surface area contributed by atoms with Crippen LogP contribution in [0.15, 0.2) is 36.4 Å². The number of halogens is 2. The van der Waals surface area contributed by atoms with Crippen LogP contribution >= 0.6 is 23.2 Å². The van der Waals surface area contributed by atoms with Gasteiger partial charge in [0, 0.05) is 21.7 Å². The van der Waals surface area contributed by atoms with Gasteiger partial charge in [-0.25, -0.2) is 8.42 Å². The Hall–Kier alpha value is -1.76. The minimum absolute atomic E-state index is 0.0436. The lowest BCUT2D eigenvalue weighted by atomic mass is 10.00. The number of sulfonamides is 1. The average molecular weight is 443 g/mol. The van der Waals surface area contributed by atoms with Crippen molar-refractivity contribution in [2.24, 2.45) is 5.92 Å². The van der Waals surface area contributed by atoms with Gasteiger partial charge in [0.25, 0.3) is 0 Å². The number of hydrogen-bond acceptors (Lipinski definition) is 3. The summed E-state index contributed by atoms with van der Waals surface area (Å²) in [6, 6.07) is 10.3. The molecule has 0 aliphatic carbocycles. The van der Waals surface area contributed by atoms with E-state index in [2.05, 4.69) is 10.0 Å². The van der Waals surface area contributed by atoms with Crippen LogP contribution in [0.25, 0.3) is 0 Å². The van der Waals surface area contributed by atoms with Gasteiger partial charge in [0.1, 0.15) is 0 Å². The van der Waals surface area contributed by atoms with Crippen molar-refractivity contribution in [2.75, 3.05) is 15.8 Å². The molecule has 1 amide bonds. The topological polar surface area (TPSA) is 75.3 Å². The molecule has 0 saturated heterocycles. The fraction of sp³-hybridized carbons (Fsp3) is 0.350. The zero-order valence-electron chi connectivity index (χ0n) is 16.1. The average Bonchev–Trinajstić information content (AvgIpc) is 2.60. The summed E-state index contributed by atoms with van der Waals surface area (Å²) in [5.74, 6) is -0.469. The third-order valence-corrected chi connectivity index (χ3v) is 6.38. The monoisotopic (exact) mass is 442 g/mol. The van der Waals surface area contributed by atoms with E-state index in [0.29, 0.717) is 39.8 Å². The minimum atomic E-state index is -3.41. The van der Waals surface area contributed by atoms with Crippen LogP contribution in [0.1, 0.15) is 31.4 Å². The molecule has 28 heavy (non-hydrogen) atoms. The van der Waals surface area contributed by atoms with E-state index in [0.717, 1.165) is 5.56 Å². The van der Waals surface area contributed by atoms with Gasteiger partial charge in [-0.15, -0.1) is 0 Å². The van der Waals surface area contributed by atoms with Gasteiger partial charge < -0.3 is 5.32 Å². The van der Waals surface area contributed by atoms with Gasteiger partial charge in [0.15, 0.2) is 0 Å². The Balaban J connectivity index is 2.12. The number of benzene rings is 2. The molecular formula is C20H24Cl2N2O3S. The highest BCUT2D eigenvalue weighted by Gasteiger charge is 2.18. The van der Waals surface area contributed by atoms with Crippen LogP contribution < -0.4 is 10.0 Å². The fourth-order valence-electron chi connectivity index (χ4n) is 2.73. The van der Waals surface area contributed by atoms with E-state index in [1.165, 1.54) is 0 Å². The van der Waals surface area contributed by atoms with E-state index < -0.39 is 10.0 Å². The molecule has 0 saturated carbocycles. The smallest absolute Gasteiger partial charge is 0.232 e. The second kappa shape index (κ2) is 9.63. The molecule has 152 valence electrons. The maximum Gasteiger partial charge on any atom is 0.232 e. The molecule has 0 aromatic heterocycles. The first-order valence-electron chi connectivity index (χ1n) is 8.98. The van der Waals surface area contributed by atoms with Crippen molar-refractivity contribution in [3.8, 4) is 0 Å². The Morgan fingerprint density at radius 1 is 1.14 bits per heavy atom. The number of nitrogens with one attached hydrogen (secondary N) is 2. The summed E-state index contributed by atoms with van der Waals surface area (Å²) in [6.07, 6.45) is 0.985. The van der Waals surface area contributed by atoms with E-state index >= 15 is 0 Å². The van der Waals surface area contributed by atoms with Crippen LogP contribution in [-0.2, 0) is 21.2 Å². The normalized spacial score (nSPS) is 12.5. The van der Waals surface area contributed by atoms with Crippen LogP contribution in [0.3, 0.4) is 0 Å². The Bertz CT molecular complexity index is 962. The van der Waals surface area contributed by atoms with Crippen molar-refractivity contribution in [1.82, 2.24) is 0 Å². The molecule has 0 fully saturated rings. The summed E-state index contributed by atoms with van der Waals surface area (Å²) in [5, 5.41) is 3.95. The molecule has 2 aromatic rings. The third-order valence-electron chi connectivity index (χ3n) is 4.32. The highest BCUT2D eigenvalue weighted by molar-refractivity contribution is 7.92. The molecule has 0 bridgehead atoms. The van der Waals surface area contributed by atoms with Crippen molar-refractivity contribution < 1.29 is 13.2 Å². The van der Waals surface area contributed by atoms with E-state index in [1.807, 2.05) is 13.0 Å². The Kier molecular flexibility index (Phi) is 7.75. The number of rotatable bonds is 8. The molecule has 2 N–H and O–H groups in total. The summed E-state index contributed by atoms with van der Waals surface area (Å²) in [4.78, 5) is 12.6. The van der Waals surface area contributed by atoms with Gasteiger partial charge in [-0.1, -0.05) is 49.2 Å². The summed E-state index contributed by atoms with van der Waals surface area (Å²) in [6.45, 7) is 5.38. The molecule has 2 aromatic carbocycles. The molecule has 0 aliphatic rings. The van der Waals surface area contributed by atoms with Crippen molar-refractivity contribution in [1.29, 1.82) is 0 Å². The Morgan fingerprint density at radius 2 is 1.82 bits per heavy atom. The maximum absolute atomic E-state index is 12.6. The SMILES string of the molecule is CCCS(=O)(=O)Nc1cccc(NC(=O)C(C)Cc2ccc(Cl)cc2Cl)c1C. The number of carbonyl (C=O) groups excluding carboxylic acids is 1. The van der Waals surface area contributed by atoms with Crippen molar-refractivity contribution >= 4 is 50.5 Å². The van der Waals surface area contributed by atoms with Crippen LogP contribution in [0, 0.1) is 12.8 Å². The van der Waals surface area contributed by atoms with Crippen LogP contribution in [0.5, 0.6) is 0 Å². The molecular weight excluding hydrogens is 419 g/mol. The standard InChI is InChI=1S/C20H24Cl2N2O3S/c1-4-10-28(26,27)24-19-7-5-6-18(14(19)3)23-20(25)13(2)11-15-8-9-16(21)12-17(15)22/h5-9,12-13,24H,4,10-11H2,1-3H3,(H,23,25). The van der Waals surface area contributed by atoms with Gasteiger partial charge in [-0.2, -0.15) is 0 Å². The first-order valence-corrected chi connectivity index (χ1v) is 11.4. The summed E-state index contributed by atoms with van der Waals surface area (Å²) < 4.78 is 26.6. The van der Waals surface area contributed by atoms with E-state index in [4.69, 9.17) is 23.2 Å². The molecule has 1 unspecified atom stereocenters. The molecule has 1 atom stereocenters.